The van der Waals surface area contributed by atoms with Crippen LogP contribution in [0.3, 0.4) is 0 Å². The Morgan fingerprint density at radius 1 is 1.15 bits per heavy atom. The monoisotopic (exact) mass is 442 g/mol. The van der Waals surface area contributed by atoms with Crippen molar-refractivity contribution >= 4 is 16.6 Å². The van der Waals surface area contributed by atoms with Gasteiger partial charge in [-0.3, -0.25) is 9.30 Å². The third kappa shape index (κ3) is 3.51. The van der Waals surface area contributed by atoms with Crippen molar-refractivity contribution in [1.82, 2.24) is 24.5 Å². The molecule has 3 aromatic heterocycles. The van der Waals surface area contributed by atoms with Gasteiger partial charge in [-0.2, -0.15) is 0 Å². The van der Waals surface area contributed by atoms with E-state index in [2.05, 4.69) is 63.0 Å². The fourth-order valence-corrected chi connectivity index (χ4v) is 5.33. The Labute approximate surface area is 193 Å². The largest absolute Gasteiger partial charge is 0.384 e. The van der Waals surface area contributed by atoms with Gasteiger partial charge < -0.3 is 10.5 Å². The van der Waals surface area contributed by atoms with Gasteiger partial charge in [0.25, 0.3) is 0 Å². The van der Waals surface area contributed by atoms with Crippen LogP contribution in [0.1, 0.15) is 43.4 Å². The van der Waals surface area contributed by atoms with E-state index in [0.717, 1.165) is 67.0 Å². The molecule has 1 aliphatic heterocycles. The third-order valence-electron chi connectivity index (χ3n) is 7.51. The minimum atomic E-state index is 0.0893. The van der Waals surface area contributed by atoms with Crippen LogP contribution in [-0.2, 0) is 10.2 Å². The van der Waals surface area contributed by atoms with Crippen LogP contribution < -0.4 is 5.73 Å². The number of benzene rings is 1. The predicted octanol–water partition coefficient (Wildman–Crippen LogP) is 3.72. The number of fused-ring (bicyclic) bond motifs is 2. The smallest absolute Gasteiger partial charge is 0.187 e. The number of pyridine rings is 2. The first kappa shape index (κ1) is 20.7. The highest BCUT2D eigenvalue weighted by Crippen LogP contribution is 2.50. The van der Waals surface area contributed by atoms with Crippen LogP contribution in [0.4, 0.5) is 0 Å². The average Bonchev–Trinajstić information content (AvgIpc) is 3.28. The van der Waals surface area contributed by atoms with Gasteiger partial charge >= 0.3 is 0 Å². The highest BCUT2D eigenvalue weighted by atomic mass is 16.5. The Balaban J connectivity index is 1.42. The fraction of sp³-hybridized carbons (Fsp3) is 0.423. The molecule has 33 heavy (non-hydrogen) atoms. The van der Waals surface area contributed by atoms with Crippen molar-refractivity contribution in [2.45, 2.75) is 43.7 Å². The van der Waals surface area contributed by atoms with Crippen molar-refractivity contribution in [3.63, 3.8) is 0 Å². The number of nitrogens with two attached hydrogens (primary N) is 1. The number of likely N-dealkylation sites (tertiary alicyclic amines) is 1. The summed E-state index contributed by atoms with van der Waals surface area (Å²) in [6, 6.07) is 15.4. The molecule has 0 bridgehead atoms. The summed E-state index contributed by atoms with van der Waals surface area (Å²) in [4.78, 5) is 7.56. The van der Waals surface area contributed by atoms with Crippen molar-refractivity contribution in [2.75, 3.05) is 26.8 Å². The number of nitrogens with zero attached hydrogens (tertiary/aromatic N) is 5. The molecule has 2 N–H and O–H groups in total. The van der Waals surface area contributed by atoms with E-state index in [1.807, 2.05) is 12.1 Å². The summed E-state index contributed by atoms with van der Waals surface area (Å²) >= 11 is 0. The van der Waals surface area contributed by atoms with Crippen molar-refractivity contribution in [1.29, 1.82) is 0 Å². The molecule has 2 fully saturated rings. The van der Waals surface area contributed by atoms with Gasteiger partial charge in [0.15, 0.2) is 11.5 Å². The van der Waals surface area contributed by atoms with Crippen LogP contribution in [0.5, 0.6) is 0 Å². The van der Waals surface area contributed by atoms with E-state index in [0.29, 0.717) is 0 Å². The first-order valence-electron chi connectivity index (χ1n) is 11.8. The van der Waals surface area contributed by atoms with E-state index in [9.17, 15) is 0 Å². The Morgan fingerprint density at radius 2 is 2.03 bits per heavy atom. The SMILES string of the molecule is COCC1(c2cccc3ccc(-c4nnc5ccc([C@H](C)N6CC[C@H](N)C6)cn45)nc23)CC1. The maximum atomic E-state index is 6.14. The van der Waals surface area contributed by atoms with E-state index >= 15 is 0 Å². The summed E-state index contributed by atoms with van der Waals surface area (Å²) in [5, 5.41) is 10.1. The lowest BCUT2D eigenvalue weighted by Gasteiger charge is -2.24. The molecular formula is C26H30N6O. The second kappa shape index (κ2) is 7.87. The first-order valence-corrected chi connectivity index (χ1v) is 11.8. The molecule has 2 atom stereocenters. The van der Waals surface area contributed by atoms with Gasteiger partial charge in [-0.05, 0) is 49.4 Å². The molecule has 1 saturated carbocycles. The molecule has 2 aliphatic rings. The Bertz CT molecular complexity index is 1330. The number of para-hydroxylation sites is 1. The highest BCUT2D eigenvalue weighted by molar-refractivity contribution is 5.85. The van der Waals surface area contributed by atoms with Crippen LogP contribution in [0.15, 0.2) is 48.7 Å². The number of methoxy groups -OCH3 is 1. The van der Waals surface area contributed by atoms with Crippen molar-refractivity contribution < 1.29 is 4.74 Å². The van der Waals surface area contributed by atoms with Gasteiger partial charge in [-0.25, -0.2) is 4.98 Å². The molecular weight excluding hydrogens is 412 g/mol. The lowest BCUT2D eigenvalue weighted by molar-refractivity contribution is 0.172. The molecule has 170 valence electrons. The maximum absolute atomic E-state index is 6.14. The average molecular weight is 443 g/mol. The van der Waals surface area contributed by atoms with Gasteiger partial charge in [0.1, 0.15) is 5.69 Å². The molecule has 0 radical (unpaired) electrons. The van der Waals surface area contributed by atoms with E-state index in [1.165, 1.54) is 11.1 Å². The number of ether oxygens (including phenoxy) is 1. The molecule has 7 heteroatoms. The van der Waals surface area contributed by atoms with Crippen molar-refractivity contribution in [3.8, 4) is 11.5 Å². The lowest BCUT2D eigenvalue weighted by atomic mass is 9.94. The molecule has 1 aromatic carbocycles. The van der Waals surface area contributed by atoms with Crippen LogP contribution in [-0.4, -0.2) is 57.3 Å². The summed E-state index contributed by atoms with van der Waals surface area (Å²) in [6.45, 7) is 4.95. The van der Waals surface area contributed by atoms with Gasteiger partial charge in [-0.15, -0.1) is 10.2 Å². The van der Waals surface area contributed by atoms with E-state index in [1.54, 1.807) is 7.11 Å². The summed E-state index contributed by atoms with van der Waals surface area (Å²) in [7, 11) is 1.78. The molecule has 7 nitrogen and oxygen atoms in total. The Morgan fingerprint density at radius 3 is 2.79 bits per heavy atom. The molecule has 6 rings (SSSR count). The molecule has 1 saturated heterocycles. The van der Waals surface area contributed by atoms with E-state index < -0.39 is 0 Å². The zero-order valence-corrected chi connectivity index (χ0v) is 19.2. The molecule has 0 spiro atoms. The van der Waals surface area contributed by atoms with Crippen LogP contribution in [0, 0.1) is 0 Å². The lowest BCUT2D eigenvalue weighted by Crippen LogP contribution is -2.28. The van der Waals surface area contributed by atoms with Gasteiger partial charge in [-0.1, -0.05) is 30.3 Å². The normalized spacial score (nSPS) is 21.1. The molecule has 4 heterocycles. The standard InChI is InChI=1S/C26H30N6O/c1-17(31-13-10-20(27)15-31)19-7-9-23-29-30-25(32(23)14-19)22-8-6-18-4-3-5-21(24(18)28-22)26(11-12-26)16-33-2/h3-9,14,17,20H,10-13,15-16,27H2,1-2H3/t17-,20-/m0/s1. The predicted molar refractivity (Wildman–Crippen MR) is 129 cm³/mol. The van der Waals surface area contributed by atoms with E-state index in [-0.39, 0.29) is 17.5 Å². The summed E-state index contributed by atoms with van der Waals surface area (Å²) < 4.78 is 7.62. The fourth-order valence-electron chi connectivity index (χ4n) is 5.33. The van der Waals surface area contributed by atoms with Crippen LogP contribution in [0.25, 0.3) is 28.1 Å². The summed E-state index contributed by atoms with van der Waals surface area (Å²) in [5.41, 5.74) is 11.4. The van der Waals surface area contributed by atoms with Crippen molar-refractivity contribution in [3.05, 3.63) is 59.8 Å². The molecule has 0 amide bonds. The molecule has 1 aliphatic carbocycles. The zero-order valence-electron chi connectivity index (χ0n) is 19.2. The Kier molecular flexibility index (Phi) is 4.94. The quantitative estimate of drug-likeness (QED) is 0.490. The zero-order chi connectivity index (χ0) is 22.6. The topological polar surface area (TPSA) is 81.6 Å². The van der Waals surface area contributed by atoms with Crippen LogP contribution >= 0.6 is 0 Å². The van der Waals surface area contributed by atoms with Gasteiger partial charge in [0, 0.05) is 49.3 Å². The number of hydrogen-bond acceptors (Lipinski definition) is 6. The summed E-state index contributed by atoms with van der Waals surface area (Å²) in [5.74, 6) is 0.769. The minimum absolute atomic E-state index is 0.0893. The molecule has 0 unspecified atom stereocenters. The number of rotatable bonds is 6. The third-order valence-corrected chi connectivity index (χ3v) is 7.51. The maximum Gasteiger partial charge on any atom is 0.187 e. The minimum Gasteiger partial charge on any atom is -0.384 e. The Hall–Kier alpha value is -2.87. The van der Waals surface area contributed by atoms with Crippen molar-refractivity contribution in [2.24, 2.45) is 5.73 Å². The number of aromatic nitrogens is 4. The van der Waals surface area contributed by atoms with Crippen LogP contribution in [0.2, 0.25) is 0 Å². The second-order valence-corrected chi connectivity index (χ2v) is 9.72. The second-order valence-electron chi connectivity index (χ2n) is 9.72. The summed E-state index contributed by atoms with van der Waals surface area (Å²) in [6.07, 6.45) is 5.49. The van der Waals surface area contributed by atoms with Gasteiger partial charge in [0.05, 0.1) is 12.1 Å². The first-order chi connectivity index (χ1) is 16.1. The highest BCUT2D eigenvalue weighted by Gasteiger charge is 2.45. The number of hydrogen-bond donors (Lipinski definition) is 1. The van der Waals surface area contributed by atoms with E-state index in [4.69, 9.17) is 15.5 Å². The van der Waals surface area contributed by atoms with Gasteiger partial charge in [0.2, 0.25) is 0 Å². The molecule has 4 aromatic rings.